The molecule has 0 aliphatic heterocycles. The molecule has 1 N–H and O–H groups in total. The summed E-state index contributed by atoms with van der Waals surface area (Å²) in [7, 11) is 1.69. The monoisotopic (exact) mass is 304 g/mol. The fourth-order valence-electron chi connectivity index (χ4n) is 1.96. The molecule has 0 fully saturated rings. The van der Waals surface area contributed by atoms with E-state index in [9.17, 15) is 14.9 Å². The van der Waals surface area contributed by atoms with Gasteiger partial charge in [-0.15, -0.1) is 0 Å². The van der Waals surface area contributed by atoms with Crippen molar-refractivity contribution in [2.45, 2.75) is 19.5 Å². The van der Waals surface area contributed by atoms with Gasteiger partial charge in [0.05, 0.1) is 11.5 Å². The van der Waals surface area contributed by atoms with E-state index in [0.717, 1.165) is 0 Å². The number of nitro groups is 1. The standard InChI is InChI=1S/C15H16N2O5/c1-10(15(18)19)16(2)9-13-6-7-14(22-13)11-4-3-5-12(8-11)17(20)21/h3-8,10H,9H2,1-2H3,(H,18,19). The molecular weight excluding hydrogens is 288 g/mol. The Balaban J connectivity index is 2.16. The lowest BCUT2D eigenvalue weighted by Gasteiger charge is -2.19. The third-order valence-electron chi connectivity index (χ3n) is 3.43. The van der Waals surface area contributed by atoms with Gasteiger partial charge < -0.3 is 9.52 Å². The smallest absolute Gasteiger partial charge is 0.320 e. The SMILES string of the molecule is CC(C(=O)O)N(C)Cc1ccc(-c2cccc([N+](=O)[O-])c2)o1. The Morgan fingerprint density at radius 3 is 2.77 bits per heavy atom. The number of non-ortho nitro benzene ring substituents is 1. The lowest BCUT2D eigenvalue weighted by Crippen LogP contribution is -2.35. The molecule has 7 nitrogen and oxygen atoms in total. The number of hydrogen-bond donors (Lipinski definition) is 1. The number of carbonyl (C=O) groups is 1. The fourth-order valence-corrected chi connectivity index (χ4v) is 1.96. The van der Waals surface area contributed by atoms with Gasteiger partial charge in [-0.2, -0.15) is 0 Å². The van der Waals surface area contributed by atoms with E-state index >= 15 is 0 Å². The summed E-state index contributed by atoms with van der Waals surface area (Å²) in [5.74, 6) is 0.195. The van der Waals surface area contributed by atoms with Gasteiger partial charge in [-0.05, 0) is 26.1 Å². The van der Waals surface area contributed by atoms with Crippen molar-refractivity contribution in [3.63, 3.8) is 0 Å². The number of aliphatic carboxylic acids is 1. The van der Waals surface area contributed by atoms with Crippen LogP contribution >= 0.6 is 0 Å². The predicted octanol–water partition coefficient (Wildman–Crippen LogP) is 2.76. The van der Waals surface area contributed by atoms with Crippen LogP contribution in [0.25, 0.3) is 11.3 Å². The van der Waals surface area contributed by atoms with Crippen LogP contribution in [0, 0.1) is 10.1 Å². The van der Waals surface area contributed by atoms with E-state index in [1.165, 1.54) is 12.1 Å². The second kappa shape index (κ2) is 6.40. The van der Waals surface area contributed by atoms with Crippen molar-refractivity contribution in [3.05, 3.63) is 52.3 Å². The molecule has 22 heavy (non-hydrogen) atoms. The molecule has 1 heterocycles. The van der Waals surface area contributed by atoms with Gasteiger partial charge in [0, 0.05) is 17.7 Å². The van der Waals surface area contributed by atoms with Crippen LogP contribution in [-0.2, 0) is 11.3 Å². The quantitative estimate of drug-likeness (QED) is 0.651. The Kier molecular flexibility index (Phi) is 4.57. The Bertz CT molecular complexity index is 695. The molecule has 0 spiro atoms. The Morgan fingerprint density at radius 1 is 1.41 bits per heavy atom. The van der Waals surface area contributed by atoms with Crippen molar-refractivity contribution in [2.24, 2.45) is 0 Å². The molecule has 1 unspecified atom stereocenters. The van der Waals surface area contributed by atoms with E-state index < -0.39 is 16.9 Å². The zero-order chi connectivity index (χ0) is 16.3. The zero-order valence-electron chi connectivity index (χ0n) is 12.2. The summed E-state index contributed by atoms with van der Waals surface area (Å²) < 4.78 is 5.65. The average Bonchev–Trinajstić information content (AvgIpc) is 2.94. The number of rotatable bonds is 6. The largest absolute Gasteiger partial charge is 0.480 e. The van der Waals surface area contributed by atoms with E-state index in [0.29, 0.717) is 23.6 Å². The molecule has 0 radical (unpaired) electrons. The first-order chi connectivity index (χ1) is 10.4. The maximum atomic E-state index is 10.9. The molecule has 116 valence electrons. The molecule has 0 aliphatic rings. The van der Waals surface area contributed by atoms with E-state index in [2.05, 4.69) is 0 Å². The summed E-state index contributed by atoms with van der Waals surface area (Å²) in [5, 5.41) is 19.7. The van der Waals surface area contributed by atoms with Gasteiger partial charge in [-0.3, -0.25) is 19.8 Å². The molecule has 2 rings (SSSR count). The first-order valence-electron chi connectivity index (χ1n) is 6.65. The Morgan fingerprint density at radius 2 is 2.14 bits per heavy atom. The molecule has 0 amide bonds. The summed E-state index contributed by atoms with van der Waals surface area (Å²) in [4.78, 5) is 22.9. The van der Waals surface area contributed by atoms with Gasteiger partial charge in [0.25, 0.3) is 5.69 Å². The van der Waals surface area contributed by atoms with Gasteiger partial charge >= 0.3 is 5.97 Å². The van der Waals surface area contributed by atoms with Crippen LogP contribution in [0.5, 0.6) is 0 Å². The molecular formula is C15H16N2O5. The minimum Gasteiger partial charge on any atom is -0.480 e. The number of furan rings is 1. The summed E-state index contributed by atoms with van der Waals surface area (Å²) in [6.45, 7) is 1.93. The minimum absolute atomic E-state index is 0.00734. The molecule has 0 saturated carbocycles. The number of hydrogen-bond acceptors (Lipinski definition) is 5. The number of benzene rings is 1. The number of nitro benzene ring substituents is 1. The average molecular weight is 304 g/mol. The third kappa shape index (κ3) is 3.50. The molecule has 7 heteroatoms. The summed E-state index contributed by atoms with van der Waals surface area (Å²) >= 11 is 0. The minimum atomic E-state index is -0.909. The number of likely N-dealkylation sites (N-methyl/N-ethyl adjacent to an activating group) is 1. The van der Waals surface area contributed by atoms with Crippen LogP contribution in [0.4, 0.5) is 5.69 Å². The third-order valence-corrected chi connectivity index (χ3v) is 3.43. The highest BCUT2D eigenvalue weighted by atomic mass is 16.6. The van der Waals surface area contributed by atoms with Crippen LogP contribution in [0.3, 0.4) is 0 Å². The lowest BCUT2D eigenvalue weighted by atomic mass is 10.1. The molecule has 1 atom stereocenters. The van der Waals surface area contributed by atoms with E-state index in [-0.39, 0.29) is 5.69 Å². The van der Waals surface area contributed by atoms with E-state index in [1.54, 1.807) is 43.1 Å². The molecule has 1 aromatic carbocycles. The molecule has 0 saturated heterocycles. The van der Waals surface area contributed by atoms with E-state index in [1.807, 2.05) is 0 Å². The highest BCUT2D eigenvalue weighted by Gasteiger charge is 2.18. The van der Waals surface area contributed by atoms with Gasteiger partial charge in [0.1, 0.15) is 17.6 Å². The topological polar surface area (TPSA) is 96.8 Å². The molecule has 1 aromatic heterocycles. The van der Waals surface area contributed by atoms with Crippen LogP contribution in [-0.4, -0.2) is 34.0 Å². The van der Waals surface area contributed by atoms with Crippen molar-refractivity contribution < 1.29 is 19.2 Å². The second-order valence-electron chi connectivity index (χ2n) is 5.00. The maximum Gasteiger partial charge on any atom is 0.320 e. The second-order valence-corrected chi connectivity index (χ2v) is 5.00. The van der Waals surface area contributed by atoms with Gasteiger partial charge in [0.15, 0.2) is 0 Å². The fraction of sp³-hybridized carbons (Fsp3) is 0.267. The Labute approximate surface area is 126 Å². The number of carboxylic acids is 1. The van der Waals surface area contributed by atoms with E-state index in [4.69, 9.17) is 9.52 Å². The van der Waals surface area contributed by atoms with Crippen molar-refractivity contribution >= 4 is 11.7 Å². The number of carboxylic acid groups (broad SMARTS) is 1. The van der Waals surface area contributed by atoms with Gasteiger partial charge in [-0.1, -0.05) is 12.1 Å². The van der Waals surface area contributed by atoms with Crippen LogP contribution in [0.1, 0.15) is 12.7 Å². The molecule has 0 bridgehead atoms. The molecule has 0 aliphatic carbocycles. The van der Waals surface area contributed by atoms with Gasteiger partial charge in [-0.25, -0.2) is 0 Å². The van der Waals surface area contributed by atoms with Crippen LogP contribution in [0.15, 0.2) is 40.8 Å². The normalized spacial score (nSPS) is 12.3. The maximum absolute atomic E-state index is 10.9. The first-order valence-corrected chi connectivity index (χ1v) is 6.65. The summed E-state index contributed by atoms with van der Waals surface area (Å²) in [5.41, 5.74) is 0.599. The van der Waals surface area contributed by atoms with Gasteiger partial charge in [0.2, 0.25) is 0 Å². The first kappa shape index (κ1) is 15.7. The van der Waals surface area contributed by atoms with Crippen molar-refractivity contribution in [1.29, 1.82) is 0 Å². The molecule has 2 aromatic rings. The Hall–Kier alpha value is -2.67. The van der Waals surface area contributed by atoms with Crippen LogP contribution in [0.2, 0.25) is 0 Å². The predicted molar refractivity (Wildman–Crippen MR) is 79.4 cm³/mol. The van der Waals surface area contributed by atoms with Crippen molar-refractivity contribution in [3.8, 4) is 11.3 Å². The lowest BCUT2D eigenvalue weighted by molar-refractivity contribution is -0.384. The van der Waals surface area contributed by atoms with Crippen molar-refractivity contribution in [2.75, 3.05) is 7.05 Å². The summed E-state index contributed by atoms with van der Waals surface area (Å²) in [6.07, 6.45) is 0. The van der Waals surface area contributed by atoms with Crippen molar-refractivity contribution in [1.82, 2.24) is 4.90 Å². The zero-order valence-corrected chi connectivity index (χ0v) is 12.2. The summed E-state index contributed by atoms with van der Waals surface area (Å²) in [6, 6.07) is 8.98. The highest BCUT2D eigenvalue weighted by Crippen LogP contribution is 2.26. The number of nitrogens with zero attached hydrogens (tertiary/aromatic N) is 2. The van der Waals surface area contributed by atoms with Crippen LogP contribution < -0.4 is 0 Å². The highest BCUT2D eigenvalue weighted by molar-refractivity contribution is 5.72.